The van der Waals surface area contributed by atoms with E-state index in [0.717, 1.165) is 56.0 Å². The number of nitrogens with one attached hydrogen (secondary N) is 1. The highest BCUT2D eigenvalue weighted by Gasteiger charge is 2.30. The molecule has 0 saturated carbocycles. The standard InChI is InChI=1S/C17H19F3N4O/c18-17(19,20)13-6-4-5-12(11-13)16(25)21-9-8-15-23-22-14-7-2-1-3-10-24(14)15/h4-6,11H,1-3,7-10H2,(H,21,25). The number of amides is 1. The lowest BCUT2D eigenvalue weighted by atomic mass is 10.1. The molecule has 25 heavy (non-hydrogen) atoms. The molecule has 3 rings (SSSR count). The van der Waals surface area contributed by atoms with E-state index < -0.39 is 17.6 Å². The summed E-state index contributed by atoms with van der Waals surface area (Å²) in [6, 6.07) is 4.41. The summed E-state index contributed by atoms with van der Waals surface area (Å²) in [6.45, 7) is 1.17. The Labute approximate surface area is 143 Å². The Balaban J connectivity index is 1.59. The third-order valence-corrected chi connectivity index (χ3v) is 4.27. The Morgan fingerprint density at radius 3 is 2.84 bits per heavy atom. The van der Waals surface area contributed by atoms with Crippen LogP contribution in [-0.4, -0.2) is 27.2 Å². The third-order valence-electron chi connectivity index (χ3n) is 4.27. The van der Waals surface area contributed by atoms with Gasteiger partial charge >= 0.3 is 6.18 Å². The summed E-state index contributed by atoms with van der Waals surface area (Å²) in [5.41, 5.74) is -0.835. The number of hydrogen-bond donors (Lipinski definition) is 1. The molecule has 0 unspecified atom stereocenters. The quantitative estimate of drug-likeness (QED) is 0.920. The minimum absolute atomic E-state index is 0.00472. The number of rotatable bonds is 4. The second-order valence-electron chi connectivity index (χ2n) is 6.08. The van der Waals surface area contributed by atoms with E-state index >= 15 is 0 Å². The fourth-order valence-electron chi connectivity index (χ4n) is 2.96. The molecule has 1 N–H and O–H groups in total. The summed E-state index contributed by atoms with van der Waals surface area (Å²) in [5.74, 6) is 1.25. The molecule has 0 radical (unpaired) electrons. The molecule has 1 aromatic heterocycles. The number of carbonyl (C=O) groups is 1. The summed E-state index contributed by atoms with van der Waals surface area (Å²) in [5, 5.41) is 11.0. The average molecular weight is 352 g/mol. The number of carbonyl (C=O) groups excluding carboxylic acids is 1. The van der Waals surface area contributed by atoms with Crippen LogP contribution in [0.25, 0.3) is 0 Å². The summed E-state index contributed by atoms with van der Waals surface area (Å²) >= 11 is 0. The molecule has 0 spiro atoms. The van der Waals surface area contributed by atoms with Crippen molar-refractivity contribution in [2.75, 3.05) is 6.54 Å². The van der Waals surface area contributed by atoms with Gasteiger partial charge in [0.1, 0.15) is 11.6 Å². The highest BCUT2D eigenvalue weighted by molar-refractivity contribution is 5.94. The van der Waals surface area contributed by atoms with E-state index in [1.54, 1.807) is 0 Å². The lowest BCUT2D eigenvalue weighted by Crippen LogP contribution is -2.27. The van der Waals surface area contributed by atoms with E-state index in [1.807, 2.05) is 0 Å². The van der Waals surface area contributed by atoms with Crippen LogP contribution in [0.3, 0.4) is 0 Å². The lowest BCUT2D eigenvalue weighted by Gasteiger charge is -2.10. The lowest BCUT2D eigenvalue weighted by molar-refractivity contribution is -0.137. The molecule has 134 valence electrons. The molecule has 1 aliphatic heterocycles. The first-order chi connectivity index (χ1) is 11.9. The molecule has 1 amide bonds. The highest BCUT2D eigenvalue weighted by Crippen LogP contribution is 2.29. The predicted octanol–water partition coefficient (Wildman–Crippen LogP) is 3.00. The van der Waals surface area contributed by atoms with Crippen LogP contribution in [0.2, 0.25) is 0 Å². The van der Waals surface area contributed by atoms with Crippen molar-refractivity contribution in [1.82, 2.24) is 20.1 Å². The number of benzene rings is 1. The molecular formula is C17H19F3N4O. The van der Waals surface area contributed by atoms with E-state index in [1.165, 1.54) is 12.1 Å². The van der Waals surface area contributed by atoms with Gasteiger partial charge in [-0.2, -0.15) is 13.2 Å². The largest absolute Gasteiger partial charge is 0.416 e. The van der Waals surface area contributed by atoms with E-state index in [4.69, 9.17) is 0 Å². The molecule has 1 aliphatic rings. The van der Waals surface area contributed by atoms with Gasteiger partial charge in [0.15, 0.2) is 0 Å². The third kappa shape index (κ3) is 4.18. The molecule has 2 aromatic rings. The molecule has 0 aliphatic carbocycles. The fraction of sp³-hybridized carbons (Fsp3) is 0.471. The molecule has 0 fully saturated rings. The van der Waals surface area contributed by atoms with Crippen molar-refractivity contribution in [2.45, 2.75) is 44.8 Å². The average Bonchev–Trinajstić information content (AvgIpc) is 2.81. The van der Waals surface area contributed by atoms with Crippen molar-refractivity contribution < 1.29 is 18.0 Å². The van der Waals surface area contributed by atoms with Crippen LogP contribution < -0.4 is 5.32 Å². The zero-order chi connectivity index (χ0) is 17.9. The smallest absolute Gasteiger partial charge is 0.352 e. The summed E-state index contributed by atoms with van der Waals surface area (Å²) in [6.07, 6.45) is 0.283. The number of hydrogen-bond acceptors (Lipinski definition) is 3. The maximum absolute atomic E-state index is 12.7. The molecular weight excluding hydrogens is 333 g/mol. The van der Waals surface area contributed by atoms with Crippen LogP contribution in [0.1, 0.15) is 46.8 Å². The van der Waals surface area contributed by atoms with E-state index in [-0.39, 0.29) is 5.56 Å². The van der Waals surface area contributed by atoms with Crippen molar-refractivity contribution >= 4 is 5.91 Å². The van der Waals surface area contributed by atoms with Crippen molar-refractivity contribution in [3.8, 4) is 0 Å². The number of alkyl halides is 3. The van der Waals surface area contributed by atoms with Gasteiger partial charge in [0.05, 0.1) is 5.56 Å². The van der Waals surface area contributed by atoms with Gasteiger partial charge in [-0.1, -0.05) is 12.5 Å². The second-order valence-corrected chi connectivity index (χ2v) is 6.08. The Morgan fingerprint density at radius 2 is 2.04 bits per heavy atom. The fourth-order valence-corrected chi connectivity index (χ4v) is 2.96. The number of halogens is 3. The number of fused-ring (bicyclic) bond motifs is 1. The maximum atomic E-state index is 12.7. The molecule has 5 nitrogen and oxygen atoms in total. The Morgan fingerprint density at radius 1 is 1.20 bits per heavy atom. The van der Waals surface area contributed by atoms with Gasteiger partial charge in [0, 0.05) is 31.5 Å². The van der Waals surface area contributed by atoms with Crippen molar-refractivity contribution in [3.63, 3.8) is 0 Å². The van der Waals surface area contributed by atoms with Crippen molar-refractivity contribution in [1.29, 1.82) is 0 Å². The number of aromatic nitrogens is 3. The van der Waals surface area contributed by atoms with Gasteiger partial charge in [-0.05, 0) is 31.0 Å². The van der Waals surface area contributed by atoms with Gasteiger partial charge in [-0.3, -0.25) is 4.79 Å². The van der Waals surface area contributed by atoms with Crippen LogP contribution in [0.4, 0.5) is 13.2 Å². The van der Waals surface area contributed by atoms with Crippen LogP contribution >= 0.6 is 0 Å². The predicted molar refractivity (Wildman–Crippen MR) is 85.1 cm³/mol. The summed E-state index contributed by atoms with van der Waals surface area (Å²) in [7, 11) is 0. The highest BCUT2D eigenvalue weighted by atomic mass is 19.4. The first-order valence-corrected chi connectivity index (χ1v) is 8.31. The topological polar surface area (TPSA) is 59.8 Å². The Kier molecular flexibility index (Phi) is 5.06. The first-order valence-electron chi connectivity index (χ1n) is 8.31. The van der Waals surface area contributed by atoms with Crippen LogP contribution in [0.5, 0.6) is 0 Å². The van der Waals surface area contributed by atoms with Gasteiger partial charge < -0.3 is 9.88 Å². The maximum Gasteiger partial charge on any atom is 0.416 e. The monoisotopic (exact) mass is 352 g/mol. The molecule has 2 heterocycles. The molecule has 0 atom stereocenters. The number of aryl methyl sites for hydroxylation is 1. The van der Waals surface area contributed by atoms with Crippen LogP contribution in [0.15, 0.2) is 24.3 Å². The zero-order valence-electron chi connectivity index (χ0n) is 13.6. The zero-order valence-corrected chi connectivity index (χ0v) is 13.6. The van der Waals surface area contributed by atoms with Gasteiger partial charge in [0.2, 0.25) is 0 Å². The van der Waals surface area contributed by atoms with Crippen LogP contribution in [0, 0.1) is 0 Å². The molecule has 1 aromatic carbocycles. The number of nitrogens with zero attached hydrogens (tertiary/aromatic N) is 3. The SMILES string of the molecule is O=C(NCCc1nnc2n1CCCCC2)c1cccc(C(F)(F)F)c1. The first kappa shape index (κ1) is 17.4. The van der Waals surface area contributed by atoms with Crippen molar-refractivity contribution in [2.24, 2.45) is 0 Å². The minimum atomic E-state index is -4.46. The van der Waals surface area contributed by atoms with Crippen LogP contribution in [-0.2, 0) is 25.6 Å². The summed E-state index contributed by atoms with van der Waals surface area (Å²) < 4.78 is 40.2. The van der Waals surface area contributed by atoms with E-state index in [9.17, 15) is 18.0 Å². The molecule has 0 saturated heterocycles. The van der Waals surface area contributed by atoms with Crippen molar-refractivity contribution in [3.05, 3.63) is 47.0 Å². The van der Waals surface area contributed by atoms with Gasteiger partial charge in [0.25, 0.3) is 5.91 Å². The second kappa shape index (κ2) is 7.25. The summed E-state index contributed by atoms with van der Waals surface area (Å²) in [4.78, 5) is 12.1. The van der Waals surface area contributed by atoms with E-state index in [2.05, 4.69) is 20.1 Å². The minimum Gasteiger partial charge on any atom is -0.352 e. The van der Waals surface area contributed by atoms with Gasteiger partial charge in [-0.25, -0.2) is 0 Å². The Hall–Kier alpha value is -2.38. The normalized spacial score (nSPS) is 14.7. The molecule has 0 bridgehead atoms. The van der Waals surface area contributed by atoms with Gasteiger partial charge in [-0.15, -0.1) is 10.2 Å². The van der Waals surface area contributed by atoms with E-state index in [0.29, 0.717) is 13.0 Å². The Bertz CT molecular complexity index is 755. The molecule has 8 heteroatoms.